The van der Waals surface area contributed by atoms with Crippen molar-refractivity contribution in [2.45, 2.75) is 91.0 Å². The molecule has 0 bridgehead atoms. The molecule has 16 nitrogen and oxygen atoms in total. The molecule has 3 aromatic carbocycles. The van der Waals surface area contributed by atoms with Crippen molar-refractivity contribution in [3.05, 3.63) is 94.7 Å². The molecule has 2 fully saturated rings. The van der Waals surface area contributed by atoms with E-state index in [0.29, 0.717) is 45.6 Å². The number of rotatable bonds is 19. The number of anilines is 5. The number of methoxy groups -OCH3 is 1. The van der Waals surface area contributed by atoms with Gasteiger partial charge in [-0.1, -0.05) is 75.2 Å². The Morgan fingerprint density at radius 2 is 1.68 bits per heavy atom. The van der Waals surface area contributed by atoms with Crippen molar-refractivity contribution in [3.8, 4) is 16.2 Å². The minimum Gasteiger partial charge on any atom is -0.494 e. The largest absolute Gasteiger partial charge is 0.494 e. The maximum atomic E-state index is 14.2. The Labute approximate surface area is 426 Å². The van der Waals surface area contributed by atoms with Gasteiger partial charge in [0.05, 0.1) is 52.9 Å². The van der Waals surface area contributed by atoms with Crippen LogP contribution in [0.3, 0.4) is 0 Å². The van der Waals surface area contributed by atoms with Crippen LogP contribution in [0.1, 0.15) is 77.1 Å². The fourth-order valence-corrected chi connectivity index (χ4v) is 11.2. The van der Waals surface area contributed by atoms with E-state index in [1.165, 1.54) is 11.1 Å². The molecule has 380 valence electrons. The lowest BCUT2D eigenvalue weighted by Crippen LogP contribution is -2.57. The number of carbonyl (C=O) groups excluding carboxylic acids is 3. The second-order valence-corrected chi connectivity index (χ2v) is 24.4. The number of benzene rings is 3. The summed E-state index contributed by atoms with van der Waals surface area (Å²) in [5.74, 6) is 0.420. The lowest BCUT2D eigenvalue weighted by molar-refractivity contribution is -0.144. The normalized spacial score (nSPS) is 17.4. The molecule has 5 aromatic rings. The van der Waals surface area contributed by atoms with E-state index in [4.69, 9.17) is 16.3 Å². The number of likely N-dealkylation sites (tertiary alicyclic amines) is 1. The number of hydrogen-bond acceptors (Lipinski definition) is 14. The lowest BCUT2D eigenvalue weighted by atomic mass is 9.85. The minimum atomic E-state index is -2.57. The average molecular weight is 1030 g/mol. The number of aromatic nitrogens is 3. The monoisotopic (exact) mass is 1030 g/mol. The zero-order valence-corrected chi connectivity index (χ0v) is 44.5. The van der Waals surface area contributed by atoms with Crippen molar-refractivity contribution >= 4 is 81.9 Å². The van der Waals surface area contributed by atoms with Crippen molar-refractivity contribution < 1.29 is 28.8 Å². The van der Waals surface area contributed by atoms with Crippen LogP contribution in [0.15, 0.2) is 78.4 Å². The maximum Gasteiger partial charge on any atom is 0.246 e. The van der Waals surface area contributed by atoms with E-state index < -0.39 is 30.7 Å². The Bertz CT molecular complexity index is 2700. The molecule has 0 radical (unpaired) electrons. The predicted molar refractivity (Wildman–Crippen MR) is 286 cm³/mol. The number of aryl methyl sites for hydroxylation is 1. The molecular formula is C52H68ClN10O6PS. The number of amides is 3. The number of nitrogens with zero attached hydrogens (tertiary/aromatic N) is 6. The fraction of sp³-hybridized carbons (Fsp3) is 0.462. The molecule has 0 spiro atoms. The standard InChI is InChI=1S/C52H68ClN10O6PS/c1-33(35-17-19-36(20-18-35)46-34(2)55-32-71-46)56-49(66)42-29-38(64)31-63(42)50(67)47(52(3,4)5)59-45(65)16-10-9-13-23-61-24-26-62(27-25-61)37-21-22-40(43(28-37)69-6)58-51-54-30-39(53)48(60-51)57-41-14-11-12-15-44(41)70(7,8)68/h11-12,14-15,17-22,28,30,32-33,38,42,47,64H,9-10,13,16,23-27,29,31H2,1-8H3,(H,56,66)(H,59,65)(H2,54,57,58,60)/t33-,38+,42-,47+/m0/s1. The molecule has 5 N–H and O–H groups in total. The van der Waals surface area contributed by atoms with Crippen LogP contribution in [-0.4, -0.2) is 125 Å². The fourth-order valence-electron chi connectivity index (χ4n) is 9.07. The third-order valence-electron chi connectivity index (χ3n) is 13.1. The summed E-state index contributed by atoms with van der Waals surface area (Å²) in [5, 5.41) is 24.3. The van der Waals surface area contributed by atoms with Crippen molar-refractivity contribution in [1.82, 2.24) is 35.4 Å². The molecule has 3 amide bonds. The van der Waals surface area contributed by atoms with Gasteiger partial charge in [-0.25, -0.2) is 9.97 Å². The molecule has 0 unspecified atom stereocenters. The molecule has 2 aliphatic rings. The van der Waals surface area contributed by atoms with E-state index >= 15 is 0 Å². The second-order valence-electron chi connectivity index (χ2n) is 19.9. The Kier molecular flexibility index (Phi) is 17.5. The summed E-state index contributed by atoms with van der Waals surface area (Å²) >= 11 is 8.07. The Morgan fingerprint density at radius 1 is 0.944 bits per heavy atom. The van der Waals surface area contributed by atoms with Crippen molar-refractivity contribution in [2.75, 3.05) is 75.2 Å². The number of aliphatic hydroxyl groups is 1. The molecular weight excluding hydrogens is 959 g/mol. The van der Waals surface area contributed by atoms with Gasteiger partial charge < -0.3 is 45.5 Å². The number of aliphatic hydroxyl groups excluding tert-OH is 1. The SMILES string of the molecule is COc1cc(N2CCN(CCCCCC(=O)N[C@H](C(=O)N3C[C@H](O)C[C@H]3C(=O)N[C@@H](C)c3ccc(-c4scnc4C)cc3)C(C)(C)C)CC2)ccc1Nc1ncc(Cl)c(Nc2ccccc2P(C)(C)=O)n1. The first-order valence-electron chi connectivity index (χ1n) is 24.2. The van der Waals surface area contributed by atoms with Crippen molar-refractivity contribution in [2.24, 2.45) is 5.41 Å². The van der Waals surface area contributed by atoms with Gasteiger partial charge in [0.2, 0.25) is 23.7 Å². The molecule has 2 aliphatic heterocycles. The number of thiazole rings is 1. The van der Waals surface area contributed by atoms with Crippen LogP contribution in [0.4, 0.5) is 28.8 Å². The Hall–Kier alpha value is -5.58. The highest BCUT2D eigenvalue weighted by Crippen LogP contribution is 2.39. The number of nitrogens with one attached hydrogen (secondary N) is 4. The smallest absolute Gasteiger partial charge is 0.246 e. The number of carbonyl (C=O) groups is 3. The van der Waals surface area contributed by atoms with Crippen LogP contribution in [0.2, 0.25) is 5.02 Å². The molecule has 7 rings (SSSR count). The van der Waals surface area contributed by atoms with Crippen LogP contribution < -0.4 is 36.2 Å². The van der Waals surface area contributed by atoms with Crippen LogP contribution in [0.5, 0.6) is 5.75 Å². The third kappa shape index (κ3) is 13.7. The highest BCUT2D eigenvalue weighted by molar-refractivity contribution is 7.70. The van der Waals surface area contributed by atoms with Gasteiger partial charge in [-0.05, 0) is 87.4 Å². The topological polar surface area (TPSA) is 194 Å². The number of para-hydroxylation sites is 1. The summed E-state index contributed by atoms with van der Waals surface area (Å²) in [4.78, 5) is 61.9. The molecule has 0 saturated carbocycles. The van der Waals surface area contributed by atoms with Gasteiger partial charge in [-0.2, -0.15) is 4.98 Å². The minimum absolute atomic E-state index is 0.0199. The van der Waals surface area contributed by atoms with Crippen LogP contribution in [0.25, 0.3) is 10.4 Å². The summed E-state index contributed by atoms with van der Waals surface area (Å²) in [6.45, 7) is 17.4. The lowest BCUT2D eigenvalue weighted by Gasteiger charge is -2.36. The van der Waals surface area contributed by atoms with Gasteiger partial charge in [0.15, 0.2) is 5.82 Å². The molecule has 2 saturated heterocycles. The van der Waals surface area contributed by atoms with Gasteiger partial charge in [-0.3, -0.25) is 19.3 Å². The average Bonchev–Trinajstić information content (AvgIpc) is 3.96. The molecule has 0 aliphatic carbocycles. The maximum absolute atomic E-state index is 14.2. The highest BCUT2D eigenvalue weighted by atomic mass is 35.5. The van der Waals surface area contributed by atoms with Crippen LogP contribution >= 0.6 is 30.1 Å². The van der Waals surface area contributed by atoms with Gasteiger partial charge in [0, 0.05) is 62.6 Å². The summed E-state index contributed by atoms with van der Waals surface area (Å²) < 4.78 is 18.7. The van der Waals surface area contributed by atoms with Gasteiger partial charge in [-0.15, -0.1) is 11.3 Å². The van der Waals surface area contributed by atoms with Gasteiger partial charge >= 0.3 is 0 Å². The summed E-state index contributed by atoms with van der Waals surface area (Å²) in [6.07, 6.45) is 3.55. The summed E-state index contributed by atoms with van der Waals surface area (Å²) in [6, 6.07) is 19.3. The second kappa shape index (κ2) is 23.3. The first-order chi connectivity index (χ1) is 33.8. The van der Waals surface area contributed by atoms with E-state index in [-0.39, 0.29) is 43.1 Å². The first-order valence-corrected chi connectivity index (χ1v) is 28.1. The zero-order chi connectivity index (χ0) is 51.0. The van der Waals surface area contributed by atoms with E-state index in [9.17, 15) is 24.1 Å². The molecule has 4 heterocycles. The van der Waals surface area contributed by atoms with E-state index in [1.807, 2.05) is 107 Å². The first kappa shape index (κ1) is 53.2. The predicted octanol–water partition coefficient (Wildman–Crippen LogP) is 8.36. The van der Waals surface area contributed by atoms with Crippen molar-refractivity contribution in [1.29, 1.82) is 0 Å². The highest BCUT2D eigenvalue weighted by Gasteiger charge is 2.44. The molecule has 71 heavy (non-hydrogen) atoms. The number of piperazine rings is 1. The van der Waals surface area contributed by atoms with Crippen molar-refractivity contribution in [3.63, 3.8) is 0 Å². The third-order valence-corrected chi connectivity index (χ3v) is 15.9. The van der Waals surface area contributed by atoms with Crippen LogP contribution in [-0.2, 0) is 18.9 Å². The Balaban J connectivity index is 0.845. The number of β-amino-alcohol motifs (C(OH)–C–C–N with tert-alkyl or cyclic N) is 1. The number of hydrogen-bond donors (Lipinski definition) is 5. The number of halogens is 1. The molecule has 4 atom stereocenters. The zero-order valence-electron chi connectivity index (χ0n) is 42.0. The molecule has 2 aromatic heterocycles. The van der Waals surface area contributed by atoms with Gasteiger partial charge in [0.25, 0.3) is 0 Å². The van der Waals surface area contributed by atoms with Crippen LogP contribution in [0, 0.1) is 12.3 Å². The van der Waals surface area contributed by atoms with E-state index in [1.54, 1.807) is 31.8 Å². The number of ether oxygens (including phenoxy) is 1. The van der Waals surface area contributed by atoms with E-state index in [2.05, 4.69) is 46.0 Å². The number of unbranched alkanes of at least 4 members (excludes halogenated alkanes) is 2. The Morgan fingerprint density at radius 3 is 2.35 bits per heavy atom. The summed E-state index contributed by atoms with van der Waals surface area (Å²) in [7, 11) is -0.942. The quantitative estimate of drug-likeness (QED) is 0.0392. The van der Waals surface area contributed by atoms with Gasteiger partial charge in [0.1, 0.15) is 30.0 Å². The molecule has 19 heteroatoms. The van der Waals surface area contributed by atoms with E-state index in [0.717, 1.165) is 73.0 Å². The summed E-state index contributed by atoms with van der Waals surface area (Å²) in [5.41, 5.74) is 6.54.